The number of nitrogens with zero attached hydrogens (tertiary/aromatic N) is 2. The van der Waals surface area contributed by atoms with Crippen molar-refractivity contribution in [2.45, 2.75) is 6.92 Å². The molecule has 0 unspecified atom stereocenters. The topological polar surface area (TPSA) is 65.2 Å². The quantitative estimate of drug-likeness (QED) is 0.767. The van der Waals surface area contributed by atoms with Gasteiger partial charge in [0, 0.05) is 0 Å². The summed E-state index contributed by atoms with van der Waals surface area (Å²) in [4.78, 5) is 0. The molecule has 4 heteroatoms. The number of rotatable bonds is 2. The molecule has 0 aliphatic carbocycles. The zero-order valence-electron chi connectivity index (χ0n) is 9.33. The minimum Gasteiger partial charge on any atom is -0.508 e. The molecule has 0 fully saturated rings. The molecule has 0 bridgehead atoms. The number of phenols is 2. The molecule has 0 aliphatic rings. The molecule has 2 aromatic rings. The van der Waals surface area contributed by atoms with Crippen LogP contribution in [0.5, 0.6) is 11.5 Å². The van der Waals surface area contributed by atoms with Crippen LogP contribution in [-0.4, -0.2) is 10.2 Å². The maximum atomic E-state index is 9.56. The van der Waals surface area contributed by atoms with Crippen molar-refractivity contribution in [1.82, 2.24) is 0 Å². The Kier molecular flexibility index (Phi) is 3.05. The van der Waals surface area contributed by atoms with Crippen molar-refractivity contribution >= 4 is 11.4 Å². The van der Waals surface area contributed by atoms with E-state index in [2.05, 4.69) is 10.2 Å². The summed E-state index contributed by atoms with van der Waals surface area (Å²) in [5.41, 5.74) is 2.05. The van der Waals surface area contributed by atoms with Crippen molar-refractivity contribution in [2.24, 2.45) is 10.2 Å². The van der Waals surface area contributed by atoms with Gasteiger partial charge in [-0.2, -0.15) is 5.11 Å². The molecule has 0 spiro atoms. The van der Waals surface area contributed by atoms with E-state index in [4.69, 9.17) is 5.11 Å². The molecule has 17 heavy (non-hydrogen) atoms. The van der Waals surface area contributed by atoms with Gasteiger partial charge in [0.05, 0.1) is 5.69 Å². The second kappa shape index (κ2) is 4.65. The molecule has 4 nitrogen and oxygen atoms in total. The normalized spacial score (nSPS) is 10.9. The van der Waals surface area contributed by atoms with Crippen molar-refractivity contribution in [3.63, 3.8) is 0 Å². The third-order valence-electron chi connectivity index (χ3n) is 2.25. The predicted octanol–water partition coefficient (Wildman–Crippen LogP) is 3.82. The van der Waals surface area contributed by atoms with E-state index in [0.717, 1.165) is 5.56 Å². The standard InChI is InChI=1S/C13H12N2O2/c1-9-2-7-13(17)12(8-9)15-14-10-3-5-11(16)6-4-10/h2-8,16-17H,1H3. The Hall–Kier alpha value is -2.36. The maximum Gasteiger partial charge on any atom is 0.143 e. The first-order valence-corrected chi connectivity index (χ1v) is 5.15. The van der Waals surface area contributed by atoms with Crippen LogP contribution >= 0.6 is 0 Å². The number of phenolic OH excluding ortho intramolecular Hbond substituents is 2. The Morgan fingerprint density at radius 3 is 2.29 bits per heavy atom. The number of benzene rings is 2. The zero-order valence-corrected chi connectivity index (χ0v) is 9.33. The van der Waals surface area contributed by atoms with Crippen molar-refractivity contribution in [3.05, 3.63) is 48.0 Å². The van der Waals surface area contributed by atoms with E-state index in [0.29, 0.717) is 11.4 Å². The van der Waals surface area contributed by atoms with Gasteiger partial charge in [-0.3, -0.25) is 0 Å². The van der Waals surface area contributed by atoms with E-state index in [9.17, 15) is 5.11 Å². The lowest BCUT2D eigenvalue weighted by atomic mass is 10.2. The number of aryl methyl sites for hydroxylation is 1. The van der Waals surface area contributed by atoms with Crippen molar-refractivity contribution in [2.75, 3.05) is 0 Å². The van der Waals surface area contributed by atoms with Crippen LogP contribution in [0.1, 0.15) is 5.56 Å². The van der Waals surface area contributed by atoms with Crippen LogP contribution in [0.3, 0.4) is 0 Å². The summed E-state index contributed by atoms with van der Waals surface area (Å²) in [6.45, 7) is 1.92. The smallest absolute Gasteiger partial charge is 0.143 e. The van der Waals surface area contributed by atoms with Crippen LogP contribution in [0.15, 0.2) is 52.7 Å². The van der Waals surface area contributed by atoms with Crippen molar-refractivity contribution in [3.8, 4) is 11.5 Å². The lowest BCUT2D eigenvalue weighted by molar-refractivity contribution is 0.475. The fourth-order valence-corrected chi connectivity index (χ4v) is 1.34. The monoisotopic (exact) mass is 228 g/mol. The second-order valence-electron chi connectivity index (χ2n) is 3.71. The molecule has 0 saturated heterocycles. The molecule has 0 heterocycles. The van der Waals surface area contributed by atoms with Crippen molar-refractivity contribution < 1.29 is 10.2 Å². The highest BCUT2D eigenvalue weighted by molar-refractivity contribution is 5.52. The lowest BCUT2D eigenvalue weighted by Gasteiger charge is -1.99. The van der Waals surface area contributed by atoms with Gasteiger partial charge < -0.3 is 10.2 Å². The van der Waals surface area contributed by atoms with Crippen LogP contribution in [-0.2, 0) is 0 Å². The lowest BCUT2D eigenvalue weighted by Crippen LogP contribution is -1.72. The Balaban J connectivity index is 2.25. The molecule has 0 saturated carbocycles. The van der Waals surface area contributed by atoms with Gasteiger partial charge in [0.2, 0.25) is 0 Å². The number of aromatic hydroxyl groups is 2. The summed E-state index contributed by atoms with van der Waals surface area (Å²) < 4.78 is 0. The Labute approximate surface area is 98.9 Å². The first kappa shape index (κ1) is 11.1. The summed E-state index contributed by atoms with van der Waals surface area (Å²) in [5, 5.41) is 26.6. The fourth-order valence-electron chi connectivity index (χ4n) is 1.34. The van der Waals surface area contributed by atoms with E-state index in [1.807, 2.05) is 6.92 Å². The van der Waals surface area contributed by atoms with E-state index in [1.54, 1.807) is 30.3 Å². The van der Waals surface area contributed by atoms with Crippen LogP contribution in [0.2, 0.25) is 0 Å². The van der Waals surface area contributed by atoms with Crippen LogP contribution < -0.4 is 0 Å². The van der Waals surface area contributed by atoms with Crippen LogP contribution in [0, 0.1) is 6.92 Å². The predicted molar refractivity (Wildman–Crippen MR) is 65.1 cm³/mol. The molecule has 0 radical (unpaired) electrons. The van der Waals surface area contributed by atoms with Gasteiger partial charge in [-0.15, -0.1) is 5.11 Å². The van der Waals surface area contributed by atoms with E-state index in [-0.39, 0.29) is 11.5 Å². The summed E-state index contributed by atoms with van der Waals surface area (Å²) in [6, 6.07) is 11.5. The number of hydrogen-bond acceptors (Lipinski definition) is 4. The largest absolute Gasteiger partial charge is 0.508 e. The molecular formula is C13H12N2O2. The Morgan fingerprint density at radius 2 is 1.59 bits per heavy atom. The van der Waals surface area contributed by atoms with Gasteiger partial charge in [0.1, 0.15) is 17.2 Å². The van der Waals surface area contributed by atoms with Crippen LogP contribution in [0.25, 0.3) is 0 Å². The molecule has 2 rings (SSSR count). The Bertz CT molecular complexity index is 548. The average Bonchev–Trinajstić information content (AvgIpc) is 2.32. The Morgan fingerprint density at radius 1 is 0.882 bits per heavy atom. The third kappa shape index (κ3) is 2.81. The fraction of sp³-hybridized carbons (Fsp3) is 0.0769. The number of azo groups is 1. The van der Waals surface area contributed by atoms with Crippen molar-refractivity contribution in [1.29, 1.82) is 0 Å². The van der Waals surface area contributed by atoms with E-state index < -0.39 is 0 Å². The molecule has 2 N–H and O–H groups in total. The SMILES string of the molecule is Cc1ccc(O)c(N=Nc2ccc(O)cc2)c1. The second-order valence-corrected chi connectivity index (χ2v) is 3.71. The number of hydrogen-bond donors (Lipinski definition) is 2. The minimum absolute atomic E-state index is 0.0955. The maximum absolute atomic E-state index is 9.56. The van der Waals surface area contributed by atoms with Gasteiger partial charge in [-0.05, 0) is 48.9 Å². The molecule has 0 amide bonds. The van der Waals surface area contributed by atoms with Gasteiger partial charge in [-0.25, -0.2) is 0 Å². The first-order valence-electron chi connectivity index (χ1n) is 5.15. The molecular weight excluding hydrogens is 216 g/mol. The molecule has 0 aromatic heterocycles. The summed E-state index contributed by atoms with van der Waals surface area (Å²) in [7, 11) is 0. The average molecular weight is 228 g/mol. The molecule has 0 aliphatic heterocycles. The summed E-state index contributed by atoms with van der Waals surface area (Å²) >= 11 is 0. The highest BCUT2D eigenvalue weighted by atomic mass is 16.3. The van der Waals surface area contributed by atoms with Gasteiger partial charge >= 0.3 is 0 Å². The molecule has 2 aromatic carbocycles. The highest BCUT2D eigenvalue weighted by Gasteiger charge is 1.99. The van der Waals surface area contributed by atoms with E-state index >= 15 is 0 Å². The van der Waals surface area contributed by atoms with E-state index in [1.165, 1.54) is 12.1 Å². The summed E-state index contributed by atoms with van der Waals surface area (Å²) in [5.74, 6) is 0.278. The van der Waals surface area contributed by atoms with Gasteiger partial charge in [0.15, 0.2) is 0 Å². The van der Waals surface area contributed by atoms with Gasteiger partial charge in [-0.1, -0.05) is 6.07 Å². The third-order valence-corrected chi connectivity index (χ3v) is 2.25. The molecule has 86 valence electrons. The first-order chi connectivity index (χ1) is 8.15. The zero-order chi connectivity index (χ0) is 12.3. The highest BCUT2D eigenvalue weighted by Crippen LogP contribution is 2.29. The van der Waals surface area contributed by atoms with Gasteiger partial charge in [0.25, 0.3) is 0 Å². The minimum atomic E-state index is 0.0955. The molecule has 0 atom stereocenters. The summed E-state index contributed by atoms with van der Waals surface area (Å²) in [6.07, 6.45) is 0. The van der Waals surface area contributed by atoms with Crippen LogP contribution in [0.4, 0.5) is 11.4 Å².